The van der Waals surface area contributed by atoms with Crippen molar-refractivity contribution in [3.05, 3.63) is 64.5 Å². The Hall–Kier alpha value is -2.88. The predicted molar refractivity (Wildman–Crippen MR) is 82.3 cm³/mol. The summed E-state index contributed by atoms with van der Waals surface area (Å²) < 4.78 is 5.36. The molecule has 0 amide bonds. The van der Waals surface area contributed by atoms with Gasteiger partial charge in [0.05, 0.1) is 10.9 Å². The molecule has 0 saturated carbocycles. The molecule has 4 nitrogen and oxygen atoms in total. The van der Waals surface area contributed by atoms with Crippen molar-refractivity contribution in [2.24, 2.45) is 0 Å². The van der Waals surface area contributed by atoms with Gasteiger partial charge in [0.15, 0.2) is 0 Å². The van der Waals surface area contributed by atoms with E-state index in [0.717, 1.165) is 16.5 Å². The molecule has 0 aliphatic rings. The van der Waals surface area contributed by atoms with Gasteiger partial charge in [-0.1, -0.05) is 29.8 Å². The normalized spacial score (nSPS) is 11.3. The lowest BCUT2D eigenvalue weighted by Crippen LogP contribution is -2.03. The molecule has 21 heavy (non-hydrogen) atoms. The zero-order chi connectivity index (χ0) is 14.4. The van der Waals surface area contributed by atoms with E-state index >= 15 is 0 Å². The third-order valence-corrected chi connectivity index (χ3v) is 3.54. The number of hydrogen-bond donors (Lipinski definition) is 1. The monoisotopic (exact) mass is 276 g/mol. The van der Waals surface area contributed by atoms with Crippen molar-refractivity contribution < 1.29 is 4.42 Å². The highest BCUT2D eigenvalue weighted by Gasteiger charge is 2.11. The first-order valence-electron chi connectivity index (χ1n) is 6.70. The number of aromatic amines is 1. The molecule has 4 heteroatoms. The third-order valence-electron chi connectivity index (χ3n) is 3.54. The number of H-pyrrole nitrogens is 1. The number of rotatable bonds is 1. The summed E-state index contributed by atoms with van der Waals surface area (Å²) in [7, 11) is 0. The van der Waals surface area contributed by atoms with Crippen molar-refractivity contribution in [1.29, 1.82) is 0 Å². The zero-order valence-corrected chi connectivity index (χ0v) is 11.4. The van der Waals surface area contributed by atoms with E-state index < -0.39 is 0 Å². The Morgan fingerprint density at radius 3 is 2.81 bits per heavy atom. The standard InChI is InChI=1S/C17H12N2O2/c1-10-6-7-14-12(8-10)17(20)21-16(19-14)15-9-11-4-2-3-5-13(11)18-15/h2-9,18H,1H3. The number of nitrogens with one attached hydrogen (secondary N) is 1. The Labute approximate surface area is 120 Å². The minimum absolute atomic E-state index is 0.313. The average Bonchev–Trinajstić information content (AvgIpc) is 2.92. The SMILES string of the molecule is Cc1ccc2nc(-c3cc4ccccc4[nH]3)oc(=O)c2c1. The van der Waals surface area contributed by atoms with Gasteiger partial charge in [-0.2, -0.15) is 0 Å². The van der Waals surface area contributed by atoms with Crippen molar-refractivity contribution in [3.8, 4) is 11.6 Å². The fourth-order valence-corrected chi connectivity index (χ4v) is 2.49. The van der Waals surface area contributed by atoms with E-state index in [0.29, 0.717) is 22.5 Å². The highest BCUT2D eigenvalue weighted by molar-refractivity contribution is 5.85. The maximum absolute atomic E-state index is 12.1. The molecule has 2 aromatic carbocycles. The van der Waals surface area contributed by atoms with Gasteiger partial charge in [-0.3, -0.25) is 0 Å². The second kappa shape index (κ2) is 4.31. The summed E-state index contributed by atoms with van der Waals surface area (Å²) in [6.07, 6.45) is 0. The lowest BCUT2D eigenvalue weighted by molar-refractivity contribution is 0.516. The second-order valence-corrected chi connectivity index (χ2v) is 5.10. The van der Waals surface area contributed by atoms with Crippen molar-refractivity contribution in [2.75, 3.05) is 0 Å². The minimum atomic E-state index is -0.364. The topological polar surface area (TPSA) is 58.9 Å². The van der Waals surface area contributed by atoms with Crippen LogP contribution in [0.5, 0.6) is 0 Å². The Bertz CT molecular complexity index is 995. The molecule has 2 aromatic heterocycles. The molecule has 0 radical (unpaired) electrons. The highest BCUT2D eigenvalue weighted by atomic mass is 16.4. The molecule has 0 aliphatic carbocycles. The van der Waals surface area contributed by atoms with Gasteiger partial charge in [0.2, 0.25) is 5.89 Å². The number of aromatic nitrogens is 2. The van der Waals surface area contributed by atoms with E-state index in [1.54, 1.807) is 6.07 Å². The molecule has 1 N–H and O–H groups in total. The number of aryl methyl sites for hydroxylation is 1. The summed E-state index contributed by atoms with van der Waals surface area (Å²) in [6, 6.07) is 15.4. The molecular weight excluding hydrogens is 264 g/mol. The number of fused-ring (bicyclic) bond motifs is 2. The summed E-state index contributed by atoms with van der Waals surface area (Å²) in [5.41, 5.74) is 2.98. The molecule has 102 valence electrons. The third kappa shape index (κ3) is 1.92. The Balaban J connectivity index is 1.98. The van der Waals surface area contributed by atoms with Gasteiger partial charge in [0, 0.05) is 10.9 Å². The van der Waals surface area contributed by atoms with E-state index in [1.807, 2.05) is 49.4 Å². The minimum Gasteiger partial charge on any atom is -0.401 e. The average molecular weight is 276 g/mol. The number of hydrogen-bond acceptors (Lipinski definition) is 3. The Kier molecular flexibility index (Phi) is 2.44. The molecule has 4 rings (SSSR count). The largest absolute Gasteiger partial charge is 0.401 e. The second-order valence-electron chi connectivity index (χ2n) is 5.10. The summed E-state index contributed by atoms with van der Waals surface area (Å²) in [4.78, 5) is 19.8. The van der Waals surface area contributed by atoms with Crippen molar-refractivity contribution in [3.63, 3.8) is 0 Å². The van der Waals surface area contributed by atoms with Crippen LogP contribution in [0.2, 0.25) is 0 Å². The van der Waals surface area contributed by atoms with Crippen LogP contribution in [-0.4, -0.2) is 9.97 Å². The molecule has 2 heterocycles. The van der Waals surface area contributed by atoms with E-state index in [2.05, 4.69) is 9.97 Å². The van der Waals surface area contributed by atoms with Gasteiger partial charge in [-0.25, -0.2) is 9.78 Å². The van der Waals surface area contributed by atoms with E-state index in [4.69, 9.17) is 4.42 Å². The number of nitrogens with zero attached hydrogens (tertiary/aromatic N) is 1. The van der Waals surface area contributed by atoms with Crippen LogP contribution in [0.4, 0.5) is 0 Å². The number of para-hydroxylation sites is 1. The summed E-state index contributed by atoms with van der Waals surface area (Å²) >= 11 is 0. The fraction of sp³-hybridized carbons (Fsp3) is 0.0588. The number of benzene rings is 2. The van der Waals surface area contributed by atoms with E-state index in [1.165, 1.54) is 0 Å². The maximum atomic E-state index is 12.1. The van der Waals surface area contributed by atoms with Gasteiger partial charge < -0.3 is 9.40 Å². The Morgan fingerprint density at radius 1 is 1.10 bits per heavy atom. The first-order chi connectivity index (χ1) is 10.2. The van der Waals surface area contributed by atoms with Crippen LogP contribution in [0, 0.1) is 6.92 Å². The first kappa shape index (κ1) is 11.9. The van der Waals surface area contributed by atoms with Crippen LogP contribution in [0.1, 0.15) is 5.56 Å². The fourth-order valence-electron chi connectivity index (χ4n) is 2.49. The molecule has 4 aromatic rings. The molecule has 0 saturated heterocycles. The highest BCUT2D eigenvalue weighted by Crippen LogP contribution is 2.23. The van der Waals surface area contributed by atoms with Crippen molar-refractivity contribution >= 4 is 21.8 Å². The van der Waals surface area contributed by atoms with E-state index in [9.17, 15) is 4.79 Å². The van der Waals surface area contributed by atoms with Crippen molar-refractivity contribution in [2.45, 2.75) is 6.92 Å². The lowest BCUT2D eigenvalue weighted by atomic mass is 10.2. The van der Waals surface area contributed by atoms with Crippen LogP contribution in [-0.2, 0) is 0 Å². The van der Waals surface area contributed by atoms with E-state index in [-0.39, 0.29) is 5.63 Å². The predicted octanol–water partition coefficient (Wildman–Crippen LogP) is 3.64. The first-order valence-corrected chi connectivity index (χ1v) is 6.70. The van der Waals surface area contributed by atoms with Crippen molar-refractivity contribution in [1.82, 2.24) is 9.97 Å². The molecular formula is C17H12N2O2. The summed E-state index contributed by atoms with van der Waals surface area (Å²) in [5.74, 6) is 0.313. The summed E-state index contributed by atoms with van der Waals surface area (Å²) in [5, 5.41) is 1.57. The van der Waals surface area contributed by atoms with Crippen LogP contribution < -0.4 is 5.63 Å². The molecule has 0 aliphatic heterocycles. The van der Waals surface area contributed by atoms with Crippen LogP contribution in [0.3, 0.4) is 0 Å². The zero-order valence-electron chi connectivity index (χ0n) is 11.4. The molecule has 0 fully saturated rings. The van der Waals surface area contributed by atoms with Crippen LogP contribution in [0.25, 0.3) is 33.4 Å². The molecule has 0 unspecified atom stereocenters. The molecule has 0 spiro atoms. The van der Waals surface area contributed by atoms with Gasteiger partial charge in [-0.05, 0) is 31.2 Å². The van der Waals surface area contributed by atoms with Gasteiger partial charge in [0.1, 0.15) is 5.69 Å². The molecule has 0 atom stereocenters. The van der Waals surface area contributed by atoms with Gasteiger partial charge in [0.25, 0.3) is 0 Å². The van der Waals surface area contributed by atoms with Crippen LogP contribution >= 0.6 is 0 Å². The van der Waals surface area contributed by atoms with Crippen LogP contribution in [0.15, 0.2) is 57.7 Å². The smallest absolute Gasteiger partial charge is 0.347 e. The van der Waals surface area contributed by atoms with Gasteiger partial charge >= 0.3 is 5.63 Å². The Morgan fingerprint density at radius 2 is 1.95 bits per heavy atom. The quantitative estimate of drug-likeness (QED) is 0.577. The van der Waals surface area contributed by atoms with Gasteiger partial charge in [-0.15, -0.1) is 0 Å². The maximum Gasteiger partial charge on any atom is 0.347 e. The lowest BCUT2D eigenvalue weighted by Gasteiger charge is -2.00. The summed E-state index contributed by atoms with van der Waals surface area (Å²) in [6.45, 7) is 1.94. The molecule has 0 bridgehead atoms.